The normalized spacial score (nSPS) is 15.1. The molecule has 0 aromatic rings. The van der Waals surface area contributed by atoms with E-state index in [1.165, 1.54) is 0 Å². The monoisotopic (exact) mass is 224 g/mol. The Morgan fingerprint density at radius 3 is 2.60 bits per heavy atom. The van der Waals surface area contributed by atoms with E-state index in [1.807, 2.05) is 6.92 Å². The van der Waals surface area contributed by atoms with E-state index in [0.29, 0.717) is 13.0 Å². The largest absolute Gasteiger partial charge is 0.385 e. The van der Waals surface area contributed by atoms with Gasteiger partial charge in [-0.25, -0.2) is 8.78 Å². The Morgan fingerprint density at radius 2 is 2.13 bits per heavy atom. The number of halogens is 2. The fourth-order valence-electron chi connectivity index (χ4n) is 0.891. The highest BCUT2D eigenvalue weighted by Crippen LogP contribution is 2.03. The Bertz CT molecular complexity index is 191. The summed E-state index contributed by atoms with van der Waals surface area (Å²) >= 11 is 0. The van der Waals surface area contributed by atoms with Crippen LogP contribution in [-0.2, 0) is 4.79 Å². The van der Waals surface area contributed by atoms with Crippen LogP contribution in [0.3, 0.4) is 0 Å². The number of carbonyl (C=O) groups excluding carboxylic acids is 1. The summed E-state index contributed by atoms with van der Waals surface area (Å²) in [7, 11) is 0. The zero-order valence-corrected chi connectivity index (χ0v) is 8.75. The van der Waals surface area contributed by atoms with Crippen LogP contribution in [0, 0.1) is 5.92 Å². The Kier molecular flexibility index (Phi) is 7.15. The summed E-state index contributed by atoms with van der Waals surface area (Å²) in [5.74, 6) is -0.106. The van der Waals surface area contributed by atoms with Crippen LogP contribution >= 0.6 is 0 Å². The highest BCUT2D eigenvalue weighted by Gasteiger charge is 2.17. The number of alkyl halides is 2. The minimum Gasteiger partial charge on any atom is -0.385 e. The van der Waals surface area contributed by atoms with E-state index >= 15 is 0 Å². The number of hydrogen-bond donors (Lipinski definition) is 3. The molecule has 0 aliphatic heterocycles. The molecule has 0 rings (SSSR count). The molecule has 0 bridgehead atoms. The maximum absolute atomic E-state index is 11.8. The van der Waals surface area contributed by atoms with Crippen LogP contribution in [0.4, 0.5) is 8.78 Å². The lowest BCUT2D eigenvalue weighted by molar-refractivity contribution is -0.122. The molecule has 15 heavy (non-hydrogen) atoms. The van der Waals surface area contributed by atoms with Crippen molar-refractivity contribution < 1.29 is 18.7 Å². The van der Waals surface area contributed by atoms with Crippen molar-refractivity contribution in [1.82, 2.24) is 5.32 Å². The van der Waals surface area contributed by atoms with E-state index in [0.717, 1.165) is 0 Å². The van der Waals surface area contributed by atoms with Gasteiger partial charge in [0.05, 0.1) is 0 Å². The summed E-state index contributed by atoms with van der Waals surface area (Å²) in [6.07, 6.45) is -3.75. The molecular formula is C9H18F2N2O2. The van der Waals surface area contributed by atoms with E-state index in [-0.39, 0.29) is 18.2 Å². The summed E-state index contributed by atoms with van der Waals surface area (Å²) < 4.78 is 23.7. The first-order valence-corrected chi connectivity index (χ1v) is 4.90. The van der Waals surface area contributed by atoms with Gasteiger partial charge in [-0.2, -0.15) is 0 Å². The fraction of sp³-hybridized carbons (Fsp3) is 0.889. The van der Waals surface area contributed by atoms with Gasteiger partial charge < -0.3 is 16.2 Å². The summed E-state index contributed by atoms with van der Waals surface area (Å²) in [5, 5.41) is 10.9. The van der Waals surface area contributed by atoms with Crippen molar-refractivity contribution in [3.63, 3.8) is 0 Å². The standard InChI is InChI=1S/C9H18F2N2O2/c1-6(4-12)2-3-8(15)13-5-7(14)9(10)11/h6-7,9,14H,2-5,12H2,1H3,(H,13,15). The average molecular weight is 224 g/mol. The summed E-state index contributed by atoms with van der Waals surface area (Å²) in [6, 6.07) is 0. The molecular weight excluding hydrogens is 206 g/mol. The van der Waals surface area contributed by atoms with Gasteiger partial charge in [-0.1, -0.05) is 6.92 Å². The van der Waals surface area contributed by atoms with Gasteiger partial charge >= 0.3 is 0 Å². The van der Waals surface area contributed by atoms with Crippen molar-refractivity contribution in [3.05, 3.63) is 0 Å². The van der Waals surface area contributed by atoms with Gasteiger partial charge in [0.2, 0.25) is 5.91 Å². The molecule has 0 aromatic heterocycles. The third-order valence-electron chi connectivity index (χ3n) is 2.07. The number of amides is 1. The zero-order valence-electron chi connectivity index (χ0n) is 8.75. The summed E-state index contributed by atoms with van der Waals surface area (Å²) in [5.41, 5.74) is 5.35. The topological polar surface area (TPSA) is 75.4 Å². The second-order valence-electron chi connectivity index (χ2n) is 3.59. The van der Waals surface area contributed by atoms with Crippen LogP contribution in [0.1, 0.15) is 19.8 Å². The van der Waals surface area contributed by atoms with Crippen LogP contribution in [0.25, 0.3) is 0 Å². The van der Waals surface area contributed by atoms with Crippen molar-refractivity contribution in [1.29, 1.82) is 0 Å². The lowest BCUT2D eigenvalue weighted by atomic mass is 10.1. The van der Waals surface area contributed by atoms with E-state index in [1.54, 1.807) is 0 Å². The van der Waals surface area contributed by atoms with Gasteiger partial charge in [0, 0.05) is 13.0 Å². The number of aliphatic hydroxyl groups excluding tert-OH is 1. The molecule has 0 aliphatic carbocycles. The Hall–Kier alpha value is -0.750. The van der Waals surface area contributed by atoms with Crippen molar-refractivity contribution in [2.45, 2.75) is 32.3 Å². The second-order valence-corrected chi connectivity index (χ2v) is 3.59. The molecule has 4 nitrogen and oxygen atoms in total. The maximum atomic E-state index is 11.8. The highest BCUT2D eigenvalue weighted by atomic mass is 19.3. The highest BCUT2D eigenvalue weighted by molar-refractivity contribution is 5.75. The molecule has 90 valence electrons. The Labute approximate surface area is 87.8 Å². The van der Waals surface area contributed by atoms with E-state index in [9.17, 15) is 13.6 Å². The van der Waals surface area contributed by atoms with E-state index in [4.69, 9.17) is 10.8 Å². The number of rotatable bonds is 7. The molecule has 0 heterocycles. The quantitative estimate of drug-likeness (QED) is 0.574. The minimum atomic E-state index is -2.83. The first-order valence-electron chi connectivity index (χ1n) is 4.90. The molecule has 2 atom stereocenters. The molecule has 0 saturated carbocycles. The number of nitrogens with two attached hydrogens (primary N) is 1. The van der Waals surface area contributed by atoms with Crippen LogP contribution in [0.2, 0.25) is 0 Å². The van der Waals surface area contributed by atoms with Gasteiger partial charge in [-0.3, -0.25) is 4.79 Å². The zero-order chi connectivity index (χ0) is 11.8. The van der Waals surface area contributed by atoms with Crippen LogP contribution in [0.15, 0.2) is 0 Å². The average Bonchev–Trinajstić information content (AvgIpc) is 2.21. The van der Waals surface area contributed by atoms with Gasteiger partial charge in [0.15, 0.2) is 0 Å². The van der Waals surface area contributed by atoms with Gasteiger partial charge in [-0.15, -0.1) is 0 Å². The first-order chi connectivity index (χ1) is 6.97. The lowest BCUT2D eigenvalue weighted by Gasteiger charge is -2.11. The van der Waals surface area contributed by atoms with Crippen LogP contribution in [0.5, 0.6) is 0 Å². The lowest BCUT2D eigenvalue weighted by Crippen LogP contribution is -2.35. The summed E-state index contributed by atoms with van der Waals surface area (Å²) in [4.78, 5) is 11.1. The number of aliphatic hydroxyl groups is 1. The number of nitrogens with one attached hydrogen (secondary N) is 1. The minimum absolute atomic E-state index is 0.232. The molecule has 0 saturated heterocycles. The maximum Gasteiger partial charge on any atom is 0.265 e. The van der Waals surface area contributed by atoms with Crippen LogP contribution in [-0.4, -0.2) is 36.6 Å². The van der Waals surface area contributed by atoms with Gasteiger partial charge in [0.25, 0.3) is 6.43 Å². The first kappa shape index (κ1) is 14.2. The molecule has 0 fully saturated rings. The van der Waals surface area contributed by atoms with Gasteiger partial charge in [0.1, 0.15) is 6.10 Å². The van der Waals surface area contributed by atoms with Crippen LogP contribution < -0.4 is 11.1 Å². The second kappa shape index (κ2) is 7.53. The Balaban J connectivity index is 3.58. The predicted molar refractivity (Wildman–Crippen MR) is 52.5 cm³/mol. The molecule has 1 amide bonds. The Morgan fingerprint density at radius 1 is 1.53 bits per heavy atom. The molecule has 6 heteroatoms. The van der Waals surface area contributed by atoms with Gasteiger partial charge in [-0.05, 0) is 18.9 Å². The number of hydrogen-bond acceptors (Lipinski definition) is 3. The smallest absolute Gasteiger partial charge is 0.265 e. The van der Waals surface area contributed by atoms with E-state index in [2.05, 4.69) is 5.32 Å². The third-order valence-corrected chi connectivity index (χ3v) is 2.07. The predicted octanol–water partition coefficient (Wildman–Crippen LogP) is 0.104. The third kappa shape index (κ3) is 7.21. The molecule has 2 unspecified atom stereocenters. The van der Waals surface area contributed by atoms with Crippen molar-refractivity contribution in [2.75, 3.05) is 13.1 Å². The summed E-state index contributed by atoms with van der Waals surface area (Å²) in [6.45, 7) is 1.99. The van der Waals surface area contributed by atoms with Crippen molar-refractivity contribution in [3.8, 4) is 0 Å². The number of carbonyl (C=O) groups is 1. The molecule has 4 N–H and O–H groups in total. The van der Waals surface area contributed by atoms with E-state index < -0.39 is 19.1 Å². The fourth-order valence-corrected chi connectivity index (χ4v) is 0.891. The molecule has 0 aliphatic rings. The molecule has 0 spiro atoms. The van der Waals surface area contributed by atoms with Crippen molar-refractivity contribution in [2.24, 2.45) is 11.7 Å². The molecule has 0 aromatic carbocycles. The molecule has 0 radical (unpaired) electrons. The SMILES string of the molecule is CC(CN)CCC(=O)NCC(O)C(F)F. The van der Waals surface area contributed by atoms with Crippen molar-refractivity contribution >= 4 is 5.91 Å².